The van der Waals surface area contributed by atoms with Crippen LogP contribution in [0.4, 0.5) is 0 Å². The van der Waals surface area contributed by atoms with E-state index in [0.717, 1.165) is 11.1 Å². The predicted molar refractivity (Wildman–Crippen MR) is 76.2 cm³/mol. The van der Waals surface area contributed by atoms with Crippen LogP contribution in [0.3, 0.4) is 0 Å². The zero-order valence-electron chi connectivity index (χ0n) is 10.1. The third-order valence-corrected chi connectivity index (χ3v) is 4.02. The maximum absolute atomic E-state index is 12.0. The lowest BCUT2D eigenvalue weighted by Crippen LogP contribution is -2.22. The molecule has 0 aliphatic rings. The molecule has 18 heavy (non-hydrogen) atoms. The molecule has 5 heteroatoms. The van der Waals surface area contributed by atoms with Gasteiger partial charge in [-0.2, -0.15) is 0 Å². The van der Waals surface area contributed by atoms with Crippen LogP contribution in [0.5, 0.6) is 0 Å². The van der Waals surface area contributed by atoms with Gasteiger partial charge in [0.2, 0.25) is 0 Å². The molecule has 0 fully saturated rings. The van der Waals surface area contributed by atoms with Crippen molar-refractivity contribution in [3.63, 3.8) is 0 Å². The molecule has 0 N–H and O–H groups in total. The lowest BCUT2D eigenvalue weighted by atomic mass is 10.1. The van der Waals surface area contributed by atoms with Crippen LogP contribution in [-0.4, -0.2) is 9.55 Å². The predicted octanol–water partition coefficient (Wildman–Crippen LogP) is 3.32. The molecule has 0 atom stereocenters. The number of benzene rings is 1. The second-order valence-corrected chi connectivity index (χ2v) is 5.36. The van der Waals surface area contributed by atoms with E-state index in [1.165, 1.54) is 16.5 Å². The highest BCUT2D eigenvalue weighted by Gasteiger charge is 2.08. The van der Waals surface area contributed by atoms with Gasteiger partial charge in [0.1, 0.15) is 4.47 Å². The zero-order chi connectivity index (χ0) is 13.3. The second-order valence-electron chi connectivity index (χ2n) is 4.21. The summed E-state index contributed by atoms with van der Waals surface area (Å²) in [5, 5.41) is 0.192. The third-order valence-electron chi connectivity index (χ3n) is 2.79. The van der Waals surface area contributed by atoms with Gasteiger partial charge < -0.3 is 0 Å². The van der Waals surface area contributed by atoms with Gasteiger partial charge in [0, 0.05) is 0 Å². The van der Waals surface area contributed by atoms with Gasteiger partial charge in [0.15, 0.2) is 5.15 Å². The molecular formula is C13H12BrClN2O. The van der Waals surface area contributed by atoms with Crippen molar-refractivity contribution < 1.29 is 0 Å². The summed E-state index contributed by atoms with van der Waals surface area (Å²) in [5.74, 6) is 0. The Hall–Kier alpha value is -1.13. The quantitative estimate of drug-likeness (QED) is 0.793. The Morgan fingerprint density at radius 2 is 2.11 bits per heavy atom. The van der Waals surface area contributed by atoms with E-state index in [9.17, 15) is 4.79 Å². The summed E-state index contributed by atoms with van der Waals surface area (Å²) >= 11 is 8.92. The minimum absolute atomic E-state index is 0.170. The molecule has 0 aliphatic carbocycles. The van der Waals surface area contributed by atoms with Crippen LogP contribution >= 0.6 is 27.5 Å². The highest BCUT2D eigenvalue weighted by molar-refractivity contribution is 9.10. The van der Waals surface area contributed by atoms with Crippen molar-refractivity contribution in [2.75, 3.05) is 0 Å². The molecule has 2 rings (SSSR count). The van der Waals surface area contributed by atoms with Gasteiger partial charge >= 0.3 is 0 Å². The molecule has 1 aromatic carbocycles. The molecule has 0 saturated heterocycles. The first kappa shape index (κ1) is 13.3. The molecule has 1 aromatic heterocycles. The van der Waals surface area contributed by atoms with Gasteiger partial charge in [-0.15, -0.1) is 0 Å². The molecule has 0 saturated carbocycles. The number of hydrogen-bond donors (Lipinski definition) is 0. The van der Waals surface area contributed by atoms with E-state index >= 15 is 0 Å². The molecule has 3 nitrogen and oxygen atoms in total. The summed E-state index contributed by atoms with van der Waals surface area (Å²) in [4.78, 5) is 16.0. The molecule has 0 bridgehead atoms. The molecule has 2 aromatic rings. The van der Waals surface area contributed by atoms with Crippen molar-refractivity contribution in [1.82, 2.24) is 9.55 Å². The Balaban J connectivity index is 2.44. The smallest absolute Gasteiger partial charge is 0.269 e. The number of aromatic nitrogens is 2. The van der Waals surface area contributed by atoms with E-state index in [1.807, 2.05) is 19.9 Å². The zero-order valence-corrected chi connectivity index (χ0v) is 12.4. The van der Waals surface area contributed by atoms with Crippen molar-refractivity contribution in [2.24, 2.45) is 0 Å². The van der Waals surface area contributed by atoms with Crippen LogP contribution in [-0.2, 0) is 6.54 Å². The topological polar surface area (TPSA) is 34.9 Å². The van der Waals surface area contributed by atoms with Crippen LogP contribution in [0.1, 0.15) is 16.7 Å². The summed E-state index contributed by atoms with van der Waals surface area (Å²) < 4.78 is 1.84. The highest BCUT2D eigenvalue weighted by atomic mass is 79.9. The Kier molecular flexibility index (Phi) is 3.88. The molecule has 94 valence electrons. The number of halogens is 2. The Morgan fingerprint density at radius 3 is 2.83 bits per heavy atom. The summed E-state index contributed by atoms with van der Waals surface area (Å²) in [5.41, 5.74) is 3.26. The van der Waals surface area contributed by atoms with Gasteiger partial charge in [-0.25, -0.2) is 4.98 Å². The monoisotopic (exact) mass is 326 g/mol. The molecule has 0 amide bonds. The van der Waals surface area contributed by atoms with Gasteiger partial charge in [0.05, 0.1) is 12.9 Å². The molecule has 0 unspecified atom stereocenters. The first-order chi connectivity index (χ1) is 8.49. The maximum Gasteiger partial charge on any atom is 0.269 e. The summed E-state index contributed by atoms with van der Waals surface area (Å²) in [6.07, 6.45) is 1.47. The summed E-state index contributed by atoms with van der Waals surface area (Å²) in [6.45, 7) is 4.55. The van der Waals surface area contributed by atoms with Crippen molar-refractivity contribution >= 4 is 27.5 Å². The average molecular weight is 328 g/mol. The van der Waals surface area contributed by atoms with E-state index in [2.05, 4.69) is 33.0 Å². The Labute approximate surface area is 119 Å². The van der Waals surface area contributed by atoms with Crippen LogP contribution in [0.2, 0.25) is 5.15 Å². The van der Waals surface area contributed by atoms with Crippen LogP contribution in [0.25, 0.3) is 0 Å². The van der Waals surface area contributed by atoms with Gasteiger partial charge in [-0.1, -0.05) is 35.4 Å². The first-order valence-corrected chi connectivity index (χ1v) is 6.62. The molecule has 0 aliphatic heterocycles. The Morgan fingerprint density at radius 1 is 1.39 bits per heavy atom. The number of nitrogens with zero attached hydrogens (tertiary/aromatic N) is 2. The van der Waals surface area contributed by atoms with Crippen LogP contribution in [0, 0.1) is 13.8 Å². The maximum atomic E-state index is 12.0. The fraction of sp³-hybridized carbons (Fsp3) is 0.231. The SMILES string of the molecule is Cc1ccc(C)c(Cn2cnc(Cl)c(Br)c2=O)c1. The van der Waals surface area contributed by atoms with E-state index in [4.69, 9.17) is 11.6 Å². The Bertz CT molecular complexity index is 652. The standard InChI is InChI=1S/C13H12BrClN2O/c1-8-3-4-9(2)10(5-8)6-17-7-16-12(15)11(14)13(17)18/h3-5,7H,6H2,1-2H3. The van der Waals surface area contributed by atoms with Gasteiger partial charge in [0.25, 0.3) is 5.56 Å². The number of hydrogen-bond acceptors (Lipinski definition) is 2. The van der Waals surface area contributed by atoms with Crippen LogP contribution in [0.15, 0.2) is 33.8 Å². The fourth-order valence-corrected chi connectivity index (χ4v) is 2.17. The summed E-state index contributed by atoms with van der Waals surface area (Å²) in [7, 11) is 0. The first-order valence-electron chi connectivity index (χ1n) is 5.45. The van der Waals surface area contributed by atoms with Gasteiger partial charge in [-0.3, -0.25) is 9.36 Å². The highest BCUT2D eigenvalue weighted by Crippen LogP contribution is 2.15. The van der Waals surface area contributed by atoms with Crippen molar-refractivity contribution in [2.45, 2.75) is 20.4 Å². The lowest BCUT2D eigenvalue weighted by molar-refractivity contribution is 0.727. The fourth-order valence-electron chi connectivity index (χ4n) is 1.71. The number of aryl methyl sites for hydroxylation is 2. The van der Waals surface area contributed by atoms with Gasteiger partial charge in [-0.05, 0) is 40.9 Å². The molecule has 1 heterocycles. The minimum atomic E-state index is -0.170. The largest absolute Gasteiger partial charge is 0.294 e. The normalized spacial score (nSPS) is 10.7. The minimum Gasteiger partial charge on any atom is -0.294 e. The van der Waals surface area contributed by atoms with Crippen LogP contribution < -0.4 is 5.56 Å². The van der Waals surface area contributed by atoms with E-state index in [0.29, 0.717) is 11.0 Å². The average Bonchev–Trinajstić information content (AvgIpc) is 2.34. The van der Waals surface area contributed by atoms with E-state index in [-0.39, 0.29) is 10.7 Å². The molecule has 0 spiro atoms. The van der Waals surface area contributed by atoms with Crippen molar-refractivity contribution in [1.29, 1.82) is 0 Å². The molecule has 0 radical (unpaired) electrons. The third kappa shape index (κ3) is 2.65. The van der Waals surface area contributed by atoms with E-state index < -0.39 is 0 Å². The molecular weight excluding hydrogens is 316 g/mol. The van der Waals surface area contributed by atoms with E-state index in [1.54, 1.807) is 0 Å². The second kappa shape index (κ2) is 5.24. The van der Waals surface area contributed by atoms with Crippen molar-refractivity contribution in [3.05, 3.63) is 61.2 Å². The number of rotatable bonds is 2. The lowest BCUT2D eigenvalue weighted by Gasteiger charge is -2.10. The summed E-state index contributed by atoms with van der Waals surface area (Å²) in [6, 6.07) is 6.18. The van der Waals surface area contributed by atoms with Crippen molar-refractivity contribution in [3.8, 4) is 0 Å².